The molecule has 4 unspecified atom stereocenters. The normalized spacial score (nSPS) is 39.4. The molecule has 19 heavy (non-hydrogen) atoms. The summed E-state index contributed by atoms with van der Waals surface area (Å²) in [5.41, 5.74) is 5.05. The summed E-state index contributed by atoms with van der Waals surface area (Å²) in [6, 6.07) is 0. The van der Waals surface area contributed by atoms with Crippen molar-refractivity contribution in [3.8, 4) is 0 Å². The highest BCUT2D eigenvalue weighted by Crippen LogP contribution is 2.35. The van der Waals surface area contributed by atoms with Gasteiger partial charge in [0.2, 0.25) is 5.91 Å². The largest absolute Gasteiger partial charge is 0.375 e. The highest BCUT2D eigenvalue weighted by molar-refractivity contribution is 5.85. The summed E-state index contributed by atoms with van der Waals surface area (Å²) < 4.78 is 6.23. The van der Waals surface area contributed by atoms with Crippen LogP contribution in [0, 0.1) is 5.92 Å². The second-order valence-corrected chi connectivity index (χ2v) is 6.37. The van der Waals surface area contributed by atoms with Crippen LogP contribution in [0.1, 0.15) is 58.8 Å². The van der Waals surface area contributed by atoms with Gasteiger partial charge >= 0.3 is 0 Å². The first-order valence-electron chi connectivity index (χ1n) is 7.76. The van der Waals surface area contributed by atoms with Gasteiger partial charge in [0.05, 0.1) is 12.2 Å². The molecule has 4 heteroatoms. The fraction of sp³-hybridized carbons (Fsp3) is 0.933. The van der Waals surface area contributed by atoms with Crippen molar-refractivity contribution in [1.82, 2.24) is 5.32 Å². The van der Waals surface area contributed by atoms with E-state index in [-0.39, 0.29) is 12.0 Å². The van der Waals surface area contributed by atoms with Crippen LogP contribution in [0.15, 0.2) is 0 Å². The Labute approximate surface area is 116 Å². The summed E-state index contributed by atoms with van der Waals surface area (Å²) in [7, 11) is 0. The number of carbonyl (C=O) groups excluding carboxylic acids is 1. The van der Waals surface area contributed by atoms with E-state index in [9.17, 15) is 4.79 Å². The smallest absolute Gasteiger partial charge is 0.237 e. The molecule has 4 nitrogen and oxygen atoms in total. The molecule has 2 saturated carbocycles. The summed E-state index contributed by atoms with van der Waals surface area (Å²) in [6.45, 7) is 5.09. The molecule has 0 spiro atoms. The molecule has 2 fully saturated rings. The standard InChI is InChI=1S/C15H28N2O2/c1-3-17-15(14(16)18)8-7-13(10-15)19-12-6-4-5-11(2)9-12/h11-13,17H,3-10H2,1-2H3,(H2,16,18). The van der Waals surface area contributed by atoms with Crippen LogP contribution < -0.4 is 11.1 Å². The fourth-order valence-electron chi connectivity index (χ4n) is 3.70. The van der Waals surface area contributed by atoms with Crippen LogP contribution in [0.25, 0.3) is 0 Å². The molecule has 0 aromatic heterocycles. The van der Waals surface area contributed by atoms with E-state index in [1.54, 1.807) is 0 Å². The Balaban J connectivity index is 1.88. The first-order valence-corrected chi connectivity index (χ1v) is 7.76. The van der Waals surface area contributed by atoms with E-state index < -0.39 is 5.54 Å². The number of carbonyl (C=O) groups is 1. The van der Waals surface area contributed by atoms with Crippen molar-refractivity contribution in [2.24, 2.45) is 11.7 Å². The molecule has 4 atom stereocenters. The number of likely N-dealkylation sites (N-methyl/N-ethyl adjacent to an activating group) is 1. The summed E-state index contributed by atoms with van der Waals surface area (Å²) >= 11 is 0. The Morgan fingerprint density at radius 3 is 2.79 bits per heavy atom. The third-order valence-electron chi connectivity index (χ3n) is 4.73. The minimum atomic E-state index is -0.528. The summed E-state index contributed by atoms with van der Waals surface area (Å²) in [5, 5.41) is 3.28. The first kappa shape index (κ1) is 14.8. The van der Waals surface area contributed by atoms with Gasteiger partial charge in [0.1, 0.15) is 5.54 Å². The van der Waals surface area contributed by atoms with E-state index in [1.165, 1.54) is 25.7 Å². The Bertz CT molecular complexity index is 321. The maximum Gasteiger partial charge on any atom is 0.237 e. The predicted molar refractivity (Wildman–Crippen MR) is 75.7 cm³/mol. The third-order valence-corrected chi connectivity index (χ3v) is 4.73. The van der Waals surface area contributed by atoms with Gasteiger partial charge in [-0.1, -0.05) is 26.7 Å². The quantitative estimate of drug-likeness (QED) is 0.801. The maximum atomic E-state index is 11.7. The molecular formula is C15H28N2O2. The summed E-state index contributed by atoms with van der Waals surface area (Å²) in [6.07, 6.45) is 8.01. The van der Waals surface area contributed by atoms with Crippen LogP contribution in [-0.4, -0.2) is 30.2 Å². The Morgan fingerprint density at radius 2 is 2.16 bits per heavy atom. The van der Waals surface area contributed by atoms with Crippen molar-refractivity contribution in [2.45, 2.75) is 76.5 Å². The monoisotopic (exact) mass is 268 g/mol. The second-order valence-electron chi connectivity index (χ2n) is 6.37. The number of nitrogens with two attached hydrogens (primary N) is 1. The van der Waals surface area contributed by atoms with E-state index in [0.29, 0.717) is 6.10 Å². The van der Waals surface area contributed by atoms with Gasteiger partial charge in [0.15, 0.2) is 0 Å². The Kier molecular flexibility index (Phi) is 4.85. The fourth-order valence-corrected chi connectivity index (χ4v) is 3.70. The number of primary amides is 1. The average molecular weight is 268 g/mol. The van der Waals surface area contributed by atoms with Gasteiger partial charge in [-0.25, -0.2) is 0 Å². The molecule has 0 aromatic rings. The summed E-state index contributed by atoms with van der Waals surface area (Å²) in [5.74, 6) is 0.548. The van der Waals surface area contributed by atoms with Crippen LogP contribution in [0.4, 0.5) is 0 Å². The lowest BCUT2D eigenvalue weighted by molar-refractivity contribution is -0.125. The second kappa shape index (κ2) is 6.23. The molecule has 3 N–H and O–H groups in total. The van der Waals surface area contributed by atoms with Gasteiger partial charge in [-0.15, -0.1) is 0 Å². The highest BCUT2D eigenvalue weighted by atomic mass is 16.5. The Morgan fingerprint density at radius 1 is 1.37 bits per heavy atom. The number of rotatable bonds is 5. The van der Waals surface area contributed by atoms with Crippen molar-refractivity contribution in [3.05, 3.63) is 0 Å². The van der Waals surface area contributed by atoms with E-state index in [4.69, 9.17) is 10.5 Å². The van der Waals surface area contributed by atoms with Crippen LogP contribution >= 0.6 is 0 Å². The lowest BCUT2D eigenvalue weighted by atomic mass is 9.88. The van der Waals surface area contributed by atoms with Crippen molar-refractivity contribution in [3.63, 3.8) is 0 Å². The van der Waals surface area contributed by atoms with Crippen LogP contribution in [0.5, 0.6) is 0 Å². The zero-order valence-electron chi connectivity index (χ0n) is 12.3. The third kappa shape index (κ3) is 3.48. The van der Waals surface area contributed by atoms with E-state index >= 15 is 0 Å². The number of hydrogen-bond acceptors (Lipinski definition) is 3. The number of nitrogens with one attached hydrogen (secondary N) is 1. The number of amides is 1. The molecule has 0 saturated heterocycles. The van der Waals surface area contributed by atoms with E-state index in [1.807, 2.05) is 6.92 Å². The molecule has 2 aliphatic rings. The zero-order chi connectivity index (χ0) is 13.9. The lowest BCUT2D eigenvalue weighted by Gasteiger charge is -2.30. The number of hydrogen-bond donors (Lipinski definition) is 2. The minimum absolute atomic E-state index is 0.196. The van der Waals surface area contributed by atoms with Crippen molar-refractivity contribution in [2.75, 3.05) is 6.54 Å². The van der Waals surface area contributed by atoms with Crippen molar-refractivity contribution in [1.29, 1.82) is 0 Å². The Hall–Kier alpha value is -0.610. The van der Waals surface area contributed by atoms with E-state index in [2.05, 4.69) is 12.2 Å². The molecule has 0 aromatic carbocycles. The summed E-state index contributed by atoms with van der Waals surface area (Å²) in [4.78, 5) is 11.7. The lowest BCUT2D eigenvalue weighted by Crippen LogP contribution is -2.54. The minimum Gasteiger partial charge on any atom is -0.375 e. The van der Waals surface area contributed by atoms with Crippen molar-refractivity contribution < 1.29 is 9.53 Å². The van der Waals surface area contributed by atoms with Gasteiger partial charge < -0.3 is 15.8 Å². The number of ether oxygens (including phenoxy) is 1. The molecule has 2 aliphatic carbocycles. The van der Waals surface area contributed by atoms with Crippen molar-refractivity contribution >= 4 is 5.91 Å². The van der Waals surface area contributed by atoms with E-state index in [0.717, 1.165) is 31.7 Å². The average Bonchev–Trinajstić information content (AvgIpc) is 2.74. The van der Waals surface area contributed by atoms with Crippen LogP contribution in [0.2, 0.25) is 0 Å². The molecule has 0 bridgehead atoms. The molecule has 1 amide bonds. The van der Waals surface area contributed by atoms with Gasteiger partial charge in [0.25, 0.3) is 0 Å². The SMILES string of the molecule is CCNC1(C(N)=O)CCC(OC2CCCC(C)C2)C1. The van der Waals surface area contributed by atoms with Crippen LogP contribution in [-0.2, 0) is 9.53 Å². The molecule has 0 heterocycles. The highest BCUT2D eigenvalue weighted by Gasteiger charge is 2.44. The molecule has 0 aliphatic heterocycles. The topological polar surface area (TPSA) is 64.3 Å². The van der Waals surface area contributed by atoms with Gasteiger partial charge in [0, 0.05) is 6.42 Å². The van der Waals surface area contributed by atoms with Crippen LogP contribution in [0.3, 0.4) is 0 Å². The first-order chi connectivity index (χ1) is 9.05. The zero-order valence-corrected chi connectivity index (χ0v) is 12.3. The molecule has 2 rings (SSSR count). The van der Waals surface area contributed by atoms with Gasteiger partial charge in [-0.05, 0) is 38.1 Å². The predicted octanol–water partition coefficient (Wildman–Crippen LogP) is 1.97. The van der Waals surface area contributed by atoms with Gasteiger partial charge in [-0.3, -0.25) is 4.79 Å². The maximum absolute atomic E-state index is 11.7. The molecule has 110 valence electrons. The molecule has 0 radical (unpaired) electrons. The van der Waals surface area contributed by atoms with Gasteiger partial charge in [-0.2, -0.15) is 0 Å². The molecular weight excluding hydrogens is 240 g/mol.